The van der Waals surface area contributed by atoms with Gasteiger partial charge in [0.15, 0.2) is 0 Å². The Hall–Kier alpha value is -2.09. The van der Waals surface area contributed by atoms with Crippen molar-refractivity contribution in [2.75, 3.05) is 7.11 Å². The molecule has 0 bridgehead atoms. The lowest BCUT2D eigenvalue weighted by atomic mass is 9.95. The van der Waals surface area contributed by atoms with Gasteiger partial charge in [-0.1, -0.05) is 24.3 Å². The highest BCUT2D eigenvalue weighted by Gasteiger charge is 2.08. The Bertz CT molecular complexity index is 586. The van der Waals surface area contributed by atoms with Crippen LogP contribution in [0.5, 0.6) is 5.75 Å². The van der Waals surface area contributed by atoms with Crippen LogP contribution in [-0.4, -0.2) is 13.4 Å². The van der Waals surface area contributed by atoms with Crippen LogP contribution in [-0.2, 0) is 0 Å². The van der Waals surface area contributed by atoms with Crippen molar-refractivity contribution in [3.05, 3.63) is 53.1 Å². The van der Waals surface area contributed by atoms with Crippen LogP contribution in [0.1, 0.15) is 21.5 Å². The summed E-state index contributed by atoms with van der Waals surface area (Å²) in [6.45, 7) is 4.11. The van der Waals surface area contributed by atoms with Gasteiger partial charge in [-0.05, 0) is 48.2 Å². The number of ether oxygens (including phenoxy) is 1. The molecule has 0 radical (unpaired) electrons. The van der Waals surface area contributed by atoms with Gasteiger partial charge in [-0.25, -0.2) is 0 Å². The maximum Gasteiger partial charge on any atom is 0.150 e. The van der Waals surface area contributed by atoms with Crippen molar-refractivity contribution < 1.29 is 9.53 Å². The lowest BCUT2D eigenvalue weighted by Crippen LogP contribution is -1.93. The maximum absolute atomic E-state index is 10.8. The van der Waals surface area contributed by atoms with E-state index in [0.29, 0.717) is 5.56 Å². The molecule has 2 nitrogen and oxygen atoms in total. The quantitative estimate of drug-likeness (QED) is 0.763. The van der Waals surface area contributed by atoms with Crippen LogP contribution in [0.15, 0.2) is 36.4 Å². The van der Waals surface area contributed by atoms with E-state index in [1.165, 1.54) is 5.56 Å². The highest BCUT2D eigenvalue weighted by atomic mass is 16.5. The highest BCUT2D eigenvalue weighted by Crippen LogP contribution is 2.31. The zero-order chi connectivity index (χ0) is 13.1. The van der Waals surface area contributed by atoms with E-state index in [-0.39, 0.29) is 0 Å². The summed E-state index contributed by atoms with van der Waals surface area (Å²) in [4.78, 5) is 10.8. The van der Waals surface area contributed by atoms with Gasteiger partial charge in [0.1, 0.15) is 12.0 Å². The lowest BCUT2D eigenvalue weighted by Gasteiger charge is -2.13. The highest BCUT2D eigenvalue weighted by molar-refractivity contribution is 5.80. The van der Waals surface area contributed by atoms with Crippen molar-refractivity contribution in [1.82, 2.24) is 0 Å². The fraction of sp³-hybridized carbons (Fsp3) is 0.188. The minimum atomic E-state index is 0.695. The average Bonchev–Trinajstić information content (AvgIpc) is 2.42. The number of benzene rings is 2. The second kappa shape index (κ2) is 5.05. The Kier molecular flexibility index (Phi) is 3.47. The number of hydrogen-bond acceptors (Lipinski definition) is 2. The summed E-state index contributed by atoms with van der Waals surface area (Å²) in [7, 11) is 1.68. The third kappa shape index (κ3) is 2.14. The number of aldehydes is 1. The van der Waals surface area contributed by atoms with E-state index < -0.39 is 0 Å². The molecule has 0 saturated carbocycles. The van der Waals surface area contributed by atoms with E-state index >= 15 is 0 Å². The normalized spacial score (nSPS) is 10.2. The standard InChI is InChI=1S/C16H16O2/c1-11-12(2)16(18-3)8-7-15(11)14-6-4-5-13(9-14)10-17/h4-10H,1-3H3. The second-order valence-corrected chi connectivity index (χ2v) is 4.31. The van der Waals surface area contributed by atoms with Gasteiger partial charge >= 0.3 is 0 Å². The third-order valence-corrected chi connectivity index (χ3v) is 3.29. The minimum absolute atomic E-state index is 0.695. The van der Waals surface area contributed by atoms with Gasteiger partial charge in [0.25, 0.3) is 0 Å². The first kappa shape index (κ1) is 12.4. The largest absolute Gasteiger partial charge is 0.496 e. The molecule has 0 saturated heterocycles. The topological polar surface area (TPSA) is 26.3 Å². The van der Waals surface area contributed by atoms with Gasteiger partial charge in [0.2, 0.25) is 0 Å². The average molecular weight is 240 g/mol. The Morgan fingerprint density at radius 1 is 1.06 bits per heavy atom. The molecule has 0 spiro atoms. The molecule has 0 fully saturated rings. The molecular weight excluding hydrogens is 224 g/mol. The van der Waals surface area contributed by atoms with Gasteiger partial charge in [-0.2, -0.15) is 0 Å². The number of rotatable bonds is 3. The summed E-state index contributed by atoms with van der Waals surface area (Å²) in [6.07, 6.45) is 0.870. The summed E-state index contributed by atoms with van der Waals surface area (Å²) >= 11 is 0. The summed E-state index contributed by atoms with van der Waals surface area (Å²) < 4.78 is 5.31. The molecule has 2 aromatic rings. The number of methoxy groups -OCH3 is 1. The molecule has 0 atom stereocenters. The number of hydrogen-bond donors (Lipinski definition) is 0. The van der Waals surface area contributed by atoms with Gasteiger partial charge < -0.3 is 4.74 Å². The maximum atomic E-state index is 10.8. The van der Waals surface area contributed by atoms with Gasteiger partial charge in [-0.3, -0.25) is 4.79 Å². The van der Waals surface area contributed by atoms with Crippen LogP contribution in [0.2, 0.25) is 0 Å². The van der Waals surface area contributed by atoms with Crippen molar-refractivity contribution in [3.8, 4) is 16.9 Å². The van der Waals surface area contributed by atoms with Crippen LogP contribution < -0.4 is 4.74 Å². The predicted molar refractivity (Wildman–Crippen MR) is 73.3 cm³/mol. The van der Waals surface area contributed by atoms with Crippen molar-refractivity contribution >= 4 is 6.29 Å². The first-order valence-corrected chi connectivity index (χ1v) is 5.87. The van der Waals surface area contributed by atoms with Gasteiger partial charge in [0, 0.05) is 5.56 Å². The van der Waals surface area contributed by atoms with Crippen LogP contribution in [0.25, 0.3) is 11.1 Å². The smallest absolute Gasteiger partial charge is 0.150 e. The Morgan fingerprint density at radius 2 is 1.83 bits per heavy atom. The van der Waals surface area contributed by atoms with Crippen molar-refractivity contribution in [3.63, 3.8) is 0 Å². The van der Waals surface area contributed by atoms with Crippen LogP contribution in [0, 0.1) is 13.8 Å². The molecule has 92 valence electrons. The van der Waals surface area contributed by atoms with E-state index in [1.807, 2.05) is 43.3 Å². The SMILES string of the molecule is COc1ccc(-c2cccc(C=O)c2)c(C)c1C. The molecule has 0 amide bonds. The molecule has 0 aliphatic rings. The predicted octanol–water partition coefficient (Wildman–Crippen LogP) is 3.79. The first-order valence-electron chi connectivity index (χ1n) is 5.87. The summed E-state index contributed by atoms with van der Waals surface area (Å²) in [6, 6.07) is 11.6. The minimum Gasteiger partial charge on any atom is -0.496 e. The molecule has 2 rings (SSSR count). The molecular formula is C16H16O2. The summed E-state index contributed by atoms with van der Waals surface area (Å²) in [5, 5.41) is 0. The third-order valence-electron chi connectivity index (χ3n) is 3.29. The van der Waals surface area contributed by atoms with E-state index in [1.54, 1.807) is 7.11 Å². The molecule has 0 aliphatic carbocycles. The summed E-state index contributed by atoms with van der Waals surface area (Å²) in [5.41, 5.74) is 5.20. The van der Waals surface area contributed by atoms with Crippen molar-refractivity contribution in [1.29, 1.82) is 0 Å². The van der Waals surface area contributed by atoms with E-state index in [4.69, 9.17) is 4.74 Å². The zero-order valence-electron chi connectivity index (χ0n) is 10.9. The Labute approximate surface area is 107 Å². The van der Waals surface area contributed by atoms with Gasteiger partial charge in [0.05, 0.1) is 7.11 Å². The molecule has 0 aliphatic heterocycles. The van der Waals surface area contributed by atoms with Gasteiger partial charge in [-0.15, -0.1) is 0 Å². The first-order chi connectivity index (χ1) is 8.67. The Balaban J connectivity index is 2.57. The molecule has 0 N–H and O–H groups in total. The van der Waals surface area contributed by atoms with Crippen LogP contribution in [0.4, 0.5) is 0 Å². The monoisotopic (exact) mass is 240 g/mol. The van der Waals surface area contributed by atoms with Crippen LogP contribution in [0.3, 0.4) is 0 Å². The molecule has 0 aromatic heterocycles. The second-order valence-electron chi connectivity index (χ2n) is 4.31. The van der Waals surface area contributed by atoms with Crippen molar-refractivity contribution in [2.24, 2.45) is 0 Å². The number of carbonyl (C=O) groups is 1. The molecule has 2 aromatic carbocycles. The summed E-state index contributed by atoms with van der Waals surface area (Å²) in [5.74, 6) is 0.891. The zero-order valence-corrected chi connectivity index (χ0v) is 10.9. The fourth-order valence-corrected chi connectivity index (χ4v) is 2.11. The van der Waals surface area contributed by atoms with E-state index in [2.05, 4.69) is 6.92 Å². The molecule has 0 heterocycles. The number of carbonyl (C=O) groups excluding carboxylic acids is 1. The molecule has 0 unspecified atom stereocenters. The molecule has 2 heteroatoms. The molecule has 18 heavy (non-hydrogen) atoms. The van der Waals surface area contributed by atoms with E-state index in [0.717, 1.165) is 28.7 Å². The van der Waals surface area contributed by atoms with Crippen LogP contribution >= 0.6 is 0 Å². The Morgan fingerprint density at radius 3 is 2.50 bits per heavy atom. The van der Waals surface area contributed by atoms with Crippen molar-refractivity contribution in [2.45, 2.75) is 13.8 Å². The lowest BCUT2D eigenvalue weighted by molar-refractivity contribution is 0.112. The van der Waals surface area contributed by atoms with E-state index in [9.17, 15) is 4.79 Å². The fourth-order valence-electron chi connectivity index (χ4n) is 2.11.